The van der Waals surface area contributed by atoms with Gasteiger partial charge in [-0.15, -0.1) is 0 Å². The molecule has 0 aliphatic heterocycles. The van der Waals surface area contributed by atoms with Gasteiger partial charge in [-0.25, -0.2) is 9.78 Å². The van der Waals surface area contributed by atoms with Crippen molar-refractivity contribution in [2.45, 2.75) is 45.1 Å². The highest BCUT2D eigenvalue weighted by molar-refractivity contribution is 5.93. The first-order chi connectivity index (χ1) is 13.2. The number of carboxylic acids is 1. The normalized spacial score (nSPS) is 17.7. The van der Waals surface area contributed by atoms with Crippen LogP contribution < -0.4 is 0 Å². The Morgan fingerprint density at radius 3 is 2.89 bits per heavy atom. The summed E-state index contributed by atoms with van der Waals surface area (Å²) in [5.74, 6) is 0.779. The van der Waals surface area contributed by atoms with Crippen molar-refractivity contribution in [2.75, 3.05) is 6.61 Å². The average Bonchev–Trinajstić information content (AvgIpc) is 3.24. The van der Waals surface area contributed by atoms with Crippen LogP contribution in [0, 0.1) is 0 Å². The van der Waals surface area contributed by atoms with Crippen LogP contribution in [0.25, 0.3) is 16.6 Å². The fraction of sp³-hybridized carbons (Fsp3) is 0.364. The number of aromatic carboxylic acids is 1. The molecule has 27 heavy (non-hydrogen) atoms. The molecule has 1 saturated carbocycles. The second kappa shape index (κ2) is 7.43. The molecular weight excluding hydrogens is 340 g/mol. The van der Waals surface area contributed by atoms with Gasteiger partial charge in [-0.3, -0.25) is 0 Å². The molecular formula is C22H24N2O3. The maximum atomic E-state index is 11.4. The number of allylic oxidation sites excluding steroid dienone is 5. The van der Waals surface area contributed by atoms with Gasteiger partial charge in [0.2, 0.25) is 0 Å². The highest BCUT2D eigenvalue weighted by atomic mass is 16.5. The number of nitrogens with zero attached hydrogens (tertiary/aromatic N) is 2. The zero-order chi connectivity index (χ0) is 18.8. The van der Waals surface area contributed by atoms with E-state index < -0.39 is 5.97 Å². The lowest BCUT2D eigenvalue weighted by atomic mass is 10.1. The van der Waals surface area contributed by atoms with Crippen LogP contribution in [0.5, 0.6) is 0 Å². The lowest BCUT2D eigenvalue weighted by Gasteiger charge is -2.19. The number of ether oxygens (including phenoxy) is 1. The first-order valence-corrected chi connectivity index (χ1v) is 9.65. The summed E-state index contributed by atoms with van der Waals surface area (Å²) >= 11 is 0. The maximum absolute atomic E-state index is 11.4. The second-order valence-electron chi connectivity index (χ2n) is 7.00. The summed E-state index contributed by atoms with van der Waals surface area (Å²) in [6.45, 7) is 2.58. The minimum absolute atomic E-state index is 0.264. The van der Waals surface area contributed by atoms with Gasteiger partial charge in [-0.1, -0.05) is 25.0 Å². The van der Waals surface area contributed by atoms with Crippen LogP contribution in [0.1, 0.15) is 61.3 Å². The summed E-state index contributed by atoms with van der Waals surface area (Å²) in [5, 5.41) is 9.35. The lowest BCUT2D eigenvalue weighted by Crippen LogP contribution is -2.10. The van der Waals surface area contributed by atoms with Gasteiger partial charge in [0.15, 0.2) is 0 Å². The summed E-state index contributed by atoms with van der Waals surface area (Å²) in [6.07, 6.45) is 13.8. The number of benzene rings is 1. The molecule has 5 nitrogen and oxygen atoms in total. The Morgan fingerprint density at radius 2 is 2.15 bits per heavy atom. The fourth-order valence-electron chi connectivity index (χ4n) is 4.04. The topological polar surface area (TPSA) is 64.3 Å². The molecule has 5 heteroatoms. The van der Waals surface area contributed by atoms with E-state index >= 15 is 0 Å². The molecule has 1 aromatic carbocycles. The Balaban J connectivity index is 1.92. The van der Waals surface area contributed by atoms with Crippen molar-refractivity contribution in [2.24, 2.45) is 0 Å². The molecule has 1 N–H and O–H groups in total. The van der Waals surface area contributed by atoms with E-state index in [4.69, 9.17) is 9.72 Å². The summed E-state index contributed by atoms with van der Waals surface area (Å²) < 4.78 is 8.21. The molecule has 2 aromatic rings. The highest BCUT2D eigenvalue weighted by Gasteiger charge is 2.26. The van der Waals surface area contributed by atoms with Gasteiger partial charge >= 0.3 is 5.97 Å². The van der Waals surface area contributed by atoms with E-state index in [1.807, 2.05) is 19.1 Å². The van der Waals surface area contributed by atoms with E-state index in [2.05, 4.69) is 22.8 Å². The minimum Gasteiger partial charge on any atom is -0.493 e. The van der Waals surface area contributed by atoms with Gasteiger partial charge in [0.25, 0.3) is 0 Å². The predicted octanol–water partition coefficient (Wildman–Crippen LogP) is 5.11. The maximum Gasteiger partial charge on any atom is 0.335 e. The molecule has 0 amide bonds. The molecule has 1 heterocycles. The Hall–Kier alpha value is -2.82. The van der Waals surface area contributed by atoms with E-state index in [1.54, 1.807) is 12.1 Å². The van der Waals surface area contributed by atoms with Crippen molar-refractivity contribution in [3.63, 3.8) is 0 Å². The van der Waals surface area contributed by atoms with Gasteiger partial charge < -0.3 is 14.4 Å². The number of rotatable bonds is 5. The van der Waals surface area contributed by atoms with E-state index in [9.17, 15) is 9.90 Å². The van der Waals surface area contributed by atoms with E-state index in [1.165, 1.54) is 12.8 Å². The van der Waals surface area contributed by atoms with E-state index in [0.29, 0.717) is 12.6 Å². The third kappa shape index (κ3) is 3.29. The van der Waals surface area contributed by atoms with Gasteiger partial charge in [-0.05, 0) is 56.5 Å². The molecule has 140 valence electrons. The summed E-state index contributed by atoms with van der Waals surface area (Å²) in [5.41, 5.74) is 2.94. The van der Waals surface area contributed by atoms with Crippen molar-refractivity contribution < 1.29 is 14.6 Å². The number of carbonyl (C=O) groups is 1. The first kappa shape index (κ1) is 17.6. The Morgan fingerprint density at radius 1 is 1.33 bits per heavy atom. The Labute approximate surface area is 158 Å². The van der Waals surface area contributed by atoms with E-state index in [0.717, 1.165) is 47.5 Å². The third-order valence-corrected chi connectivity index (χ3v) is 5.27. The van der Waals surface area contributed by atoms with Crippen LogP contribution in [-0.2, 0) is 4.74 Å². The van der Waals surface area contributed by atoms with Crippen LogP contribution in [-0.4, -0.2) is 27.2 Å². The largest absolute Gasteiger partial charge is 0.493 e. The molecule has 1 aromatic heterocycles. The summed E-state index contributed by atoms with van der Waals surface area (Å²) in [4.78, 5) is 16.3. The molecule has 4 rings (SSSR count). The molecule has 0 unspecified atom stereocenters. The zero-order valence-electron chi connectivity index (χ0n) is 15.5. The van der Waals surface area contributed by atoms with Crippen LogP contribution in [0.2, 0.25) is 0 Å². The molecule has 2 aliphatic carbocycles. The van der Waals surface area contributed by atoms with Crippen LogP contribution in [0.4, 0.5) is 0 Å². The molecule has 2 aliphatic rings. The molecule has 0 spiro atoms. The van der Waals surface area contributed by atoms with Crippen molar-refractivity contribution in [3.8, 4) is 0 Å². The molecule has 0 atom stereocenters. The monoisotopic (exact) mass is 364 g/mol. The number of aromatic nitrogens is 2. The second-order valence-corrected chi connectivity index (χ2v) is 7.00. The quantitative estimate of drug-likeness (QED) is 0.800. The SMILES string of the molecule is CCOC1=CCC=CC=C1c1nc2cc(C(=O)O)ccc2n1C1CCCC1. The standard InChI is InChI=1S/C22H24N2O3/c1-2-27-20-11-5-3-4-10-17(20)21-23-18-14-15(22(25)26)12-13-19(18)24(21)16-8-6-7-9-16/h3-4,10-14,16H,2,5-9H2,1H3,(H,25,26). The van der Waals surface area contributed by atoms with Crippen LogP contribution in [0.3, 0.4) is 0 Å². The van der Waals surface area contributed by atoms with Gasteiger partial charge in [0.1, 0.15) is 11.6 Å². The molecule has 0 bridgehead atoms. The van der Waals surface area contributed by atoms with Crippen molar-refractivity contribution in [1.29, 1.82) is 0 Å². The van der Waals surface area contributed by atoms with Crippen LogP contribution in [0.15, 0.2) is 48.3 Å². The number of hydrogen-bond donors (Lipinski definition) is 1. The van der Waals surface area contributed by atoms with Gasteiger partial charge in [-0.2, -0.15) is 0 Å². The number of imidazole rings is 1. The van der Waals surface area contributed by atoms with Crippen molar-refractivity contribution in [3.05, 3.63) is 59.7 Å². The summed E-state index contributed by atoms with van der Waals surface area (Å²) in [6, 6.07) is 5.62. The number of hydrogen-bond acceptors (Lipinski definition) is 3. The minimum atomic E-state index is -0.930. The fourth-order valence-corrected chi connectivity index (χ4v) is 4.04. The summed E-state index contributed by atoms with van der Waals surface area (Å²) in [7, 11) is 0. The predicted molar refractivity (Wildman–Crippen MR) is 106 cm³/mol. The number of fused-ring (bicyclic) bond motifs is 1. The van der Waals surface area contributed by atoms with Gasteiger partial charge in [0, 0.05) is 6.04 Å². The van der Waals surface area contributed by atoms with Gasteiger partial charge in [0.05, 0.1) is 28.8 Å². The lowest BCUT2D eigenvalue weighted by molar-refractivity contribution is 0.0697. The Bertz CT molecular complexity index is 959. The smallest absolute Gasteiger partial charge is 0.335 e. The number of carboxylic acid groups (broad SMARTS) is 1. The third-order valence-electron chi connectivity index (χ3n) is 5.27. The first-order valence-electron chi connectivity index (χ1n) is 9.65. The molecule has 1 fully saturated rings. The average molecular weight is 364 g/mol. The van der Waals surface area contributed by atoms with Crippen molar-refractivity contribution >= 4 is 22.6 Å². The zero-order valence-corrected chi connectivity index (χ0v) is 15.5. The molecule has 0 saturated heterocycles. The van der Waals surface area contributed by atoms with Crippen LogP contribution >= 0.6 is 0 Å². The van der Waals surface area contributed by atoms with Crippen molar-refractivity contribution in [1.82, 2.24) is 9.55 Å². The Kier molecular flexibility index (Phi) is 4.84. The van der Waals surface area contributed by atoms with E-state index in [-0.39, 0.29) is 5.56 Å². The highest BCUT2D eigenvalue weighted by Crippen LogP contribution is 2.37. The molecule has 0 radical (unpaired) electrons.